The highest BCUT2D eigenvalue weighted by Crippen LogP contribution is 2.31. The van der Waals surface area contributed by atoms with Crippen molar-refractivity contribution in [2.75, 3.05) is 5.75 Å². The van der Waals surface area contributed by atoms with Crippen molar-refractivity contribution in [3.63, 3.8) is 0 Å². The van der Waals surface area contributed by atoms with Crippen molar-refractivity contribution in [1.82, 2.24) is 0 Å². The van der Waals surface area contributed by atoms with Gasteiger partial charge in [-0.15, -0.1) is 0 Å². The van der Waals surface area contributed by atoms with Crippen LogP contribution < -0.4 is 0 Å². The Bertz CT molecular complexity index is 676. The first-order chi connectivity index (χ1) is 10.7. The van der Waals surface area contributed by atoms with Gasteiger partial charge in [0.1, 0.15) is 15.7 Å². The monoisotopic (exact) mass is 413 g/mol. The van der Waals surface area contributed by atoms with Gasteiger partial charge in [-0.1, -0.05) is 39.8 Å². The van der Waals surface area contributed by atoms with Crippen molar-refractivity contribution in [3.8, 4) is 0 Å². The van der Waals surface area contributed by atoms with Crippen LogP contribution in [0.25, 0.3) is 6.08 Å². The molecule has 1 aromatic carbocycles. The van der Waals surface area contributed by atoms with Crippen LogP contribution in [-0.4, -0.2) is 26.8 Å². The number of carbonyl (C=O) groups excluding carboxylic acids is 2. The molecule has 7 heteroatoms. The number of halogens is 1. The summed E-state index contributed by atoms with van der Waals surface area (Å²) in [5, 5.41) is -0.111. The number of rotatable bonds is 3. The molecule has 0 aromatic heterocycles. The smallest absolute Gasteiger partial charge is 0.316 e. The van der Waals surface area contributed by atoms with E-state index in [1.165, 1.54) is 11.8 Å². The maximum Gasteiger partial charge on any atom is 0.316 e. The van der Waals surface area contributed by atoms with Gasteiger partial charge in [-0.2, -0.15) is 0 Å². The fourth-order valence-corrected chi connectivity index (χ4v) is 3.54. The first-order valence-corrected chi connectivity index (χ1v) is 9.45. The van der Waals surface area contributed by atoms with E-state index in [0.29, 0.717) is 10.1 Å². The van der Waals surface area contributed by atoms with E-state index in [2.05, 4.69) is 20.9 Å². The predicted octanol–water partition coefficient (Wildman–Crippen LogP) is 4.49. The first-order valence-electron chi connectivity index (χ1n) is 6.86. The van der Waals surface area contributed by atoms with Crippen LogP contribution in [0.5, 0.6) is 0 Å². The third kappa shape index (κ3) is 6.16. The molecular weight excluding hydrogens is 398 g/mol. The summed E-state index contributed by atoms with van der Waals surface area (Å²) in [4.78, 5) is 28.0. The van der Waals surface area contributed by atoms with E-state index in [4.69, 9.17) is 4.74 Å². The van der Waals surface area contributed by atoms with Crippen molar-refractivity contribution in [2.45, 2.75) is 26.4 Å². The van der Waals surface area contributed by atoms with Crippen LogP contribution in [0.3, 0.4) is 0 Å². The van der Waals surface area contributed by atoms with E-state index in [1.807, 2.05) is 45.0 Å². The molecule has 0 fully saturated rings. The number of ether oxygens (including phenoxy) is 1. The molecule has 0 saturated heterocycles. The molecule has 0 spiro atoms. The van der Waals surface area contributed by atoms with Gasteiger partial charge < -0.3 is 4.74 Å². The largest absolute Gasteiger partial charge is 0.459 e. The minimum atomic E-state index is -0.509. The molecule has 1 aliphatic heterocycles. The molecule has 0 radical (unpaired) electrons. The van der Waals surface area contributed by atoms with Crippen LogP contribution in [0.1, 0.15) is 26.3 Å². The maximum absolute atomic E-state index is 12.0. The van der Waals surface area contributed by atoms with E-state index < -0.39 is 5.60 Å². The molecule has 0 N–H and O–H groups in total. The lowest BCUT2D eigenvalue weighted by molar-refractivity contribution is -0.151. The van der Waals surface area contributed by atoms with Gasteiger partial charge in [0, 0.05) is 4.47 Å². The lowest BCUT2D eigenvalue weighted by atomic mass is 10.2. The van der Waals surface area contributed by atoms with Crippen molar-refractivity contribution in [1.29, 1.82) is 0 Å². The Morgan fingerprint density at radius 1 is 1.35 bits per heavy atom. The van der Waals surface area contributed by atoms with Gasteiger partial charge in [0.05, 0.1) is 5.75 Å². The molecule has 0 amide bonds. The van der Waals surface area contributed by atoms with Gasteiger partial charge in [0.25, 0.3) is 0 Å². The Labute approximate surface area is 152 Å². The van der Waals surface area contributed by atoms with E-state index in [-0.39, 0.29) is 16.8 Å². The number of thioether (sulfide) groups is 2. The Morgan fingerprint density at radius 2 is 2.00 bits per heavy atom. The summed E-state index contributed by atoms with van der Waals surface area (Å²) in [6.45, 7) is 5.46. The molecule has 0 bridgehead atoms. The fourth-order valence-electron chi connectivity index (χ4n) is 1.66. The molecule has 2 rings (SSSR count). The SMILES string of the molecule is CC(C)(C)OC(=O)CSC1=NC(=Cc2ccc(Br)cc2)C(=O)S1. The second-order valence-corrected chi connectivity index (χ2v) is 8.82. The third-order valence-electron chi connectivity index (χ3n) is 2.51. The maximum atomic E-state index is 12.0. The Morgan fingerprint density at radius 3 is 2.61 bits per heavy atom. The van der Waals surface area contributed by atoms with Gasteiger partial charge >= 0.3 is 5.97 Å². The van der Waals surface area contributed by atoms with Crippen molar-refractivity contribution in [3.05, 3.63) is 40.0 Å². The van der Waals surface area contributed by atoms with E-state index in [0.717, 1.165) is 21.8 Å². The van der Waals surface area contributed by atoms with Crippen LogP contribution in [-0.2, 0) is 14.3 Å². The summed E-state index contributed by atoms with van der Waals surface area (Å²) in [7, 11) is 0. The quantitative estimate of drug-likeness (QED) is 0.539. The number of benzene rings is 1. The third-order valence-corrected chi connectivity index (χ3v) is 5.02. The van der Waals surface area contributed by atoms with E-state index in [1.54, 1.807) is 6.08 Å². The average Bonchev–Trinajstić information content (AvgIpc) is 2.78. The summed E-state index contributed by atoms with van der Waals surface area (Å²) in [6.07, 6.45) is 1.74. The van der Waals surface area contributed by atoms with Crippen LogP contribution >= 0.6 is 39.5 Å². The lowest BCUT2D eigenvalue weighted by Gasteiger charge is -2.19. The molecule has 0 aliphatic carbocycles. The Balaban J connectivity index is 1.98. The van der Waals surface area contributed by atoms with Gasteiger partial charge in [0.2, 0.25) is 5.12 Å². The second-order valence-electron chi connectivity index (χ2n) is 5.72. The molecule has 0 atom stereocenters. The highest BCUT2D eigenvalue weighted by molar-refractivity contribution is 9.10. The zero-order valence-electron chi connectivity index (χ0n) is 13.0. The lowest BCUT2D eigenvalue weighted by Crippen LogP contribution is -2.25. The molecule has 4 nitrogen and oxygen atoms in total. The highest BCUT2D eigenvalue weighted by atomic mass is 79.9. The normalized spacial score (nSPS) is 16.6. The second kappa shape index (κ2) is 7.68. The van der Waals surface area contributed by atoms with Gasteiger partial charge in [-0.25, -0.2) is 4.99 Å². The van der Waals surface area contributed by atoms with E-state index >= 15 is 0 Å². The van der Waals surface area contributed by atoms with Crippen LogP contribution in [0.4, 0.5) is 0 Å². The summed E-state index contributed by atoms with van der Waals surface area (Å²) < 4.78 is 6.78. The molecule has 0 unspecified atom stereocenters. The predicted molar refractivity (Wildman–Crippen MR) is 100 cm³/mol. The molecule has 1 heterocycles. The van der Waals surface area contributed by atoms with Crippen LogP contribution in [0.15, 0.2) is 39.4 Å². The number of esters is 1. The number of hydrogen-bond donors (Lipinski definition) is 0. The number of hydrogen-bond acceptors (Lipinski definition) is 6. The van der Waals surface area contributed by atoms with Crippen LogP contribution in [0.2, 0.25) is 0 Å². The average molecular weight is 414 g/mol. The molecule has 0 saturated carbocycles. The molecule has 23 heavy (non-hydrogen) atoms. The molecule has 1 aliphatic rings. The number of aliphatic imine (C=N–C) groups is 1. The molecule has 1 aromatic rings. The summed E-state index contributed by atoms with van der Waals surface area (Å²) >= 11 is 5.64. The fraction of sp³-hybridized carbons (Fsp3) is 0.312. The summed E-state index contributed by atoms with van der Waals surface area (Å²) in [5.74, 6) is -0.175. The topological polar surface area (TPSA) is 55.7 Å². The number of nitrogens with zero attached hydrogens (tertiary/aromatic N) is 1. The molecular formula is C16H16BrNO3S2. The first kappa shape index (κ1) is 18.3. The Kier molecular flexibility index (Phi) is 6.11. The highest BCUT2D eigenvalue weighted by Gasteiger charge is 2.24. The van der Waals surface area contributed by atoms with Gasteiger partial charge in [0.15, 0.2) is 0 Å². The van der Waals surface area contributed by atoms with Gasteiger partial charge in [-0.05, 0) is 56.3 Å². The Hall–Kier alpha value is -1.05. The van der Waals surface area contributed by atoms with Gasteiger partial charge in [-0.3, -0.25) is 9.59 Å². The van der Waals surface area contributed by atoms with Crippen LogP contribution in [0, 0.1) is 0 Å². The minimum Gasteiger partial charge on any atom is -0.459 e. The molecule has 122 valence electrons. The van der Waals surface area contributed by atoms with E-state index in [9.17, 15) is 9.59 Å². The summed E-state index contributed by atoms with van der Waals surface area (Å²) in [5.41, 5.74) is 0.786. The zero-order chi connectivity index (χ0) is 17.0. The standard InChI is InChI=1S/C16H16BrNO3S2/c1-16(2,3)21-13(19)9-22-15-18-12(14(20)23-15)8-10-4-6-11(17)7-5-10/h4-8H,9H2,1-3H3. The minimum absolute atomic E-state index is 0.111. The van der Waals surface area contributed by atoms with Crippen molar-refractivity contribution >= 4 is 61.0 Å². The number of carbonyl (C=O) groups is 2. The summed E-state index contributed by atoms with van der Waals surface area (Å²) in [6, 6.07) is 7.61. The van der Waals surface area contributed by atoms with Crippen molar-refractivity contribution < 1.29 is 14.3 Å². The van der Waals surface area contributed by atoms with Crippen molar-refractivity contribution in [2.24, 2.45) is 4.99 Å². The zero-order valence-corrected chi connectivity index (χ0v) is 16.2.